The number of aryl methyl sites for hydroxylation is 1. The van der Waals surface area contributed by atoms with Gasteiger partial charge in [-0.15, -0.1) is 5.10 Å². The molecule has 2 fully saturated rings. The van der Waals surface area contributed by atoms with Crippen LogP contribution in [0.15, 0.2) is 55.0 Å². The zero-order valence-electron chi connectivity index (χ0n) is 22.9. The van der Waals surface area contributed by atoms with Crippen LogP contribution in [0.4, 0.5) is 30.5 Å². The number of carbonyl (C=O) groups is 1. The van der Waals surface area contributed by atoms with Crippen molar-refractivity contribution in [2.75, 3.05) is 61.4 Å². The lowest BCUT2D eigenvalue weighted by Gasteiger charge is -2.33. The maximum absolute atomic E-state index is 13.1. The Labute approximate surface area is 235 Å². The van der Waals surface area contributed by atoms with E-state index in [0.29, 0.717) is 5.56 Å². The number of piperazine rings is 1. The van der Waals surface area contributed by atoms with Crippen molar-refractivity contribution in [2.24, 2.45) is 0 Å². The van der Waals surface area contributed by atoms with Crippen molar-refractivity contribution in [3.05, 3.63) is 77.2 Å². The maximum atomic E-state index is 13.1. The lowest BCUT2D eigenvalue weighted by Crippen LogP contribution is -2.45. The number of benzene rings is 1. The fourth-order valence-corrected chi connectivity index (χ4v) is 5.58. The number of carbonyl (C=O) groups excluding carboxylic acids is 1. The first-order valence-corrected chi connectivity index (χ1v) is 13.6. The average molecular weight is 565 g/mol. The molecule has 0 bridgehead atoms. The Morgan fingerprint density at radius 2 is 1.78 bits per heavy atom. The molecule has 5 heterocycles. The van der Waals surface area contributed by atoms with Crippen LogP contribution in [0.2, 0.25) is 0 Å². The number of fused-ring (bicyclic) bond motifs is 1. The minimum Gasteiger partial charge on any atom is -0.355 e. The van der Waals surface area contributed by atoms with Crippen molar-refractivity contribution in [3.63, 3.8) is 0 Å². The van der Waals surface area contributed by atoms with Crippen LogP contribution in [-0.2, 0) is 6.18 Å². The van der Waals surface area contributed by atoms with E-state index in [1.165, 1.54) is 6.20 Å². The third-order valence-electron chi connectivity index (χ3n) is 7.97. The summed E-state index contributed by atoms with van der Waals surface area (Å²) in [7, 11) is 2.13. The number of rotatable bonds is 5. The smallest absolute Gasteiger partial charge is 0.355 e. The van der Waals surface area contributed by atoms with Crippen molar-refractivity contribution in [3.8, 4) is 0 Å². The molecule has 41 heavy (non-hydrogen) atoms. The van der Waals surface area contributed by atoms with Crippen molar-refractivity contribution in [1.82, 2.24) is 24.5 Å². The molecule has 0 saturated carbocycles. The fraction of sp³-hybridized carbons (Fsp3) is 0.379. The monoisotopic (exact) mass is 564 g/mol. The number of pyridine rings is 1. The highest BCUT2D eigenvalue weighted by atomic mass is 19.4. The summed E-state index contributed by atoms with van der Waals surface area (Å²) in [5.74, 6) is 1.56. The van der Waals surface area contributed by atoms with E-state index in [0.717, 1.165) is 86.4 Å². The molecule has 3 aromatic heterocycles. The highest BCUT2D eigenvalue weighted by Gasteiger charge is 2.31. The minimum atomic E-state index is -4.54. The highest BCUT2D eigenvalue weighted by Crippen LogP contribution is 2.34. The normalized spacial score (nSPS) is 18.3. The van der Waals surface area contributed by atoms with Crippen LogP contribution in [0.1, 0.15) is 39.4 Å². The summed E-state index contributed by atoms with van der Waals surface area (Å²) in [6, 6.07) is 10.3. The molecule has 1 atom stereocenters. The first kappa shape index (κ1) is 27.0. The average Bonchev–Trinajstić information content (AvgIpc) is 3.60. The maximum Gasteiger partial charge on any atom is 0.417 e. The van der Waals surface area contributed by atoms with Gasteiger partial charge in [-0.25, -0.2) is 4.98 Å². The number of imidazole rings is 1. The summed E-state index contributed by atoms with van der Waals surface area (Å²) in [6.07, 6.45) is 0.142. The Kier molecular flexibility index (Phi) is 7.02. The summed E-state index contributed by atoms with van der Waals surface area (Å²) in [6.45, 7) is 7.41. The molecular formula is C29H31F3N8O. The predicted molar refractivity (Wildman–Crippen MR) is 151 cm³/mol. The van der Waals surface area contributed by atoms with Gasteiger partial charge in [-0.05, 0) is 61.9 Å². The van der Waals surface area contributed by atoms with Crippen LogP contribution in [0.3, 0.4) is 0 Å². The Bertz CT molecular complexity index is 1580. The molecule has 2 saturated heterocycles. The van der Waals surface area contributed by atoms with Crippen LogP contribution in [0.5, 0.6) is 0 Å². The Morgan fingerprint density at radius 1 is 0.976 bits per heavy atom. The molecule has 1 aromatic carbocycles. The zero-order chi connectivity index (χ0) is 28.7. The Morgan fingerprint density at radius 3 is 2.56 bits per heavy atom. The molecule has 2 aliphatic rings. The second-order valence-electron chi connectivity index (χ2n) is 10.8. The van der Waals surface area contributed by atoms with Gasteiger partial charge >= 0.3 is 6.18 Å². The van der Waals surface area contributed by atoms with Crippen molar-refractivity contribution in [1.29, 1.82) is 0 Å². The molecule has 0 radical (unpaired) electrons. The summed E-state index contributed by atoms with van der Waals surface area (Å²) < 4.78 is 41.1. The second kappa shape index (κ2) is 10.7. The van der Waals surface area contributed by atoms with Gasteiger partial charge in [0.05, 0.1) is 23.6 Å². The summed E-state index contributed by atoms with van der Waals surface area (Å²) in [5.41, 5.74) is 2.36. The van der Waals surface area contributed by atoms with Crippen molar-refractivity contribution < 1.29 is 18.0 Å². The van der Waals surface area contributed by atoms with Gasteiger partial charge in [0, 0.05) is 56.9 Å². The van der Waals surface area contributed by atoms with E-state index >= 15 is 0 Å². The lowest BCUT2D eigenvalue weighted by atomic mass is 9.92. The van der Waals surface area contributed by atoms with Gasteiger partial charge in [-0.3, -0.25) is 9.78 Å². The van der Waals surface area contributed by atoms with Crippen LogP contribution in [-0.4, -0.2) is 76.7 Å². The molecule has 0 aliphatic carbocycles. The summed E-state index contributed by atoms with van der Waals surface area (Å²) >= 11 is 0. The second-order valence-corrected chi connectivity index (χ2v) is 10.8. The van der Waals surface area contributed by atoms with Gasteiger partial charge in [0.15, 0.2) is 11.5 Å². The lowest BCUT2D eigenvalue weighted by molar-refractivity contribution is -0.137. The number of nitrogens with zero attached hydrogens (tertiary/aromatic N) is 7. The van der Waals surface area contributed by atoms with Gasteiger partial charge in [0.2, 0.25) is 0 Å². The Hall–Kier alpha value is -4.19. The summed E-state index contributed by atoms with van der Waals surface area (Å²) in [4.78, 5) is 28.1. The number of hydrogen-bond donors (Lipinski definition) is 1. The molecule has 6 rings (SSSR count). The number of alkyl halides is 3. The van der Waals surface area contributed by atoms with E-state index in [4.69, 9.17) is 5.10 Å². The van der Waals surface area contributed by atoms with E-state index in [1.807, 2.05) is 41.9 Å². The predicted octanol–water partition coefficient (Wildman–Crippen LogP) is 4.45. The molecule has 214 valence electrons. The molecule has 1 N–H and O–H groups in total. The van der Waals surface area contributed by atoms with E-state index in [2.05, 4.69) is 37.0 Å². The number of likely N-dealkylation sites (N-methyl/N-ethyl adjacent to an activating group) is 1. The molecule has 0 unspecified atom stereocenters. The number of amides is 1. The van der Waals surface area contributed by atoms with Gasteiger partial charge < -0.3 is 20.0 Å². The van der Waals surface area contributed by atoms with Gasteiger partial charge in [0.1, 0.15) is 5.82 Å². The molecule has 9 nitrogen and oxygen atoms in total. The van der Waals surface area contributed by atoms with Gasteiger partial charge in [-0.2, -0.15) is 17.7 Å². The van der Waals surface area contributed by atoms with Crippen molar-refractivity contribution in [2.45, 2.75) is 25.4 Å². The van der Waals surface area contributed by atoms with Gasteiger partial charge in [-0.1, -0.05) is 6.07 Å². The molecule has 1 amide bonds. The fourth-order valence-electron chi connectivity index (χ4n) is 5.58. The topological polar surface area (TPSA) is 81.9 Å². The van der Waals surface area contributed by atoms with Gasteiger partial charge in [0.25, 0.3) is 5.91 Å². The third-order valence-corrected chi connectivity index (χ3v) is 7.97. The standard InChI is InChI=1S/C29H31F3N8O/c1-19-3-4-20(28(41)35-23-14-22(15-33-16-23)29(30,31)32)13-24(19)21-7-8-39(18-21)27-17-34-25-5-6-26(36-40(25)27)38-11-9-37(2)10-12-38/h3-6,13-17,21H,7-12,18H2,1-2H3,(H,35,41)/t21-/m1/s1. The van der Waals surface area contributed by atoms with Crippen molar-refractivity contribution >= 4 is 28.9 Å². The number of nitrogens with one attached hydrogen (secondary N) is 1. The Balaban J connectivity index is 1.19. The first-order chi connectivity index (χ1) is 19.7. The van der Waals surface area contributed by atoms with E-state index < -0.39 is 17.6 Å². The van der Waals surface area contributed by atoms with Crippen LogP contribution >= 0.6 is 0 Å². The zero-order valence-corrected chi connectivity index (χ0v) is 22.9. The molecule has 4 aromatic rings. The highest BCUT2D eigenvalue weighted by molar-refractivity contribution is 6.04. The number of hydrogen-bond acceptors (Lipinski definition) is 7. The number of aromatic nitrogens is 4. The minimum absolute atomic E-state index is 0.00459. The molecule has 0 spiro atoms. The van der Waals surface area contributed by atoms with Crippen LogP contribution < -0.4 is 15.1 Å². The quantitative estimate of drug-likeness (QED) is 0.384. The SMILES string of the molecule is Cc1ccc(C(=O)Nc2cncc(C(F)(F)F)c2)cc1[C@@H]1CCN(c2cnc3ccc(N4CCN(C)CC4)nn23)C1. The largest absolute Gasteiger partial charge is 0.417 e. The number of halogens is 3. The number of anilines is 3. The third kappa shape index (κ3) is 5.56. The van der Waals surface area contributed by atoms with Crippen LogP contribution in [0.25, 0.3) is 5.65 Å². The molecule has 2 aliphatic heterocycles. The van der Waals surface area contributed by atoms with E-state index in [9.17, 15) is 18.0 Å². The van der Waals surface area contributed by atoms with Crippen LogP contribution in [0, 0.1) is 6.92 Å². The summed E-state index contributed by atoms with van der Waals surface area (Å²) in [5, 5.41) is 7.49. The molecular weight excluding hydrogens is 533 g/mol. The first-order valence-electron chi connectivity index (χ1n) is 13.6. The molecule has 12 heteroatoms. The van der Waals surface area contributed by atoms with E-state index in [1.54, 1.807) is 6.07 Å². The van der Waals surface area contributed by atoms with E-state index in [-0.39, 0.29) is 11.6 Å².